The molecular formula is C12H19NO. The summed E-state index contributed by atoms with van der Waals surface area (Å²) in [6, 6.07) is 2.12. The summed E-state index contributed by atoms with van der Waals surface area (Å²) in [5.41, 5.74) is 3.25. The van der Waals surface area contributed by atoms with Crippen molar-refractivity contribution in [2.24, 2.45) is 0 Å². The number of aldehydes is 1. The van der Waals surface area contributed by atoms with E-state index >= 15 is 0 Å². The monoisotopic (exact) mass is 193 g/mol. The second-order valence-corrected chi connectivity index (χ2v) is 3.67. The van der Waals surface area contributed by atoms with Crippen LogP contribution in [0.5, 0.6) is 0 Å². The van der Waals surface area contributed by atoms with Crippen LogP contribution in [0.15, 0.2) is 6.07 Å². The standard InChI is InChI=1S/C12H19NO/c1-4-6-7-13-10(3)8-11(5-2)12(13)9-14/h8-9H,4-7H2,1-3H3. The highest BCUT2D eigenvalue weighted by molar-refractivity contribution is 5.75. The Morgan fingerprint density at radius 2 is 2.14 bits per heavy atom. The summed E-state index contributed by atoms with van der Waals surface area (Å²) in [4.78, 5) is 11.0. The lowest BCUT2D eigenvalue weighted by atomic mass is 10.2. The van der Waals surface area contributed by atoms with E-state index in [0.29, 0.717) is 0 Å². The molecule has 0 saturated carbocycles. The highest BCUT2D eigenvalue weighted by atomic mass is 16.1. The van der Waals surface area contributed by atoms with Crippen molar-refractivity contribution in [3.8, 4) is 0 Å². The van der Waals surface area contributed by atoms with Gasteiger partial charge in [0.2, 0.25) is 0 Å². The van der Waals surface area contributed by atoms with Gasteiger partial charge in [-0.25, -0.2) is 0 Å². The Hall–Kier alpha value is -1.05. The maximum absolute atomic E-state index is 11.0. The van der Waals surface area contributed by atoms with E-state index in [2.05, 4.69) is 31.4 Å². The van der Waals surface area contributed by atoms with Crippen LogP contribution in [0.4, 0.5) is 0 Å². The van der Waals surface area contributed by atoms with Gasteiger partial charge in [0, 0.05) is 12.2 Å². The molecule has 0 unspecified atom stereocenters. The van der Waals surface area contributed by atoms with E-state index in [0.717, 1.165) is 37.8 Å². The van der Waals surface area contributed by atoms with Crippen LogP contribution in [0.25, 0.3) is 0 Å². The zero-order valence-electron chi connectivity index (χ0n) is 9.34. The molecular weight excluding hydrogens is 174 g/mol. The van der Waals surface area contributed by atoms with Crippen molar-refractivity contribution in [3.05, 3.63) is 23.0 Å². The number of hydrogen-bond acceptors (Lipinski definition) is 1. The van der Waals surface area contributed by atoms with Gasteiger partial charge in [0.05, 0.1) is 5.69 Å². The van der Waals surface area contributed by atoms with Crippen LogP contribution in [0, 0.1) is 6.92 Å². The first kappa shape index (κ1) is 11.0. The van der Waals surface area contributed by atoms with Gasteiger partial charge < -0.3 is 4.57 Å². The molecule has 1 rings (SSSR count). The van der Waals surface area contributed by atoms with Gasteiger partial charge in [0.1, 0.15) is 0 Å². The molecule has 0 amide bonds. The fraction of sp³-hybridized carbons (Fsp3) is 0.583. The molecule has 0 fully saturated rings. The summed E-state index contributed by atoms with van der Waals surface area (Å²) < 4.78 is 2.13. The van der Waals surface area contributed by atoms with Crippen molar-refractivity contribution in [2.45, 2.75) is 46.6 Å². The van der Waals surface area contributed by atoms with E-state index in [1.54, 1.807) is 0 Å². The molecule has 78 valence electrons. The zero-order valence-corrected chi connectivity index (χ0v) is 9.34. The number of nitrogens with zero attached hydrogens (tertiary/aromatic N) is 1. The molecule has 1 heterocycles. The topological polar surface area (TPSA) is 22.0 Å². The van der Waals surface area contributed by atoms with Crippen LogP contribution >= 0.6 is 0 Å². The summed E-state index contributed by atoms with van der Waals surface area (Å²) in [7, 11) is 0. The molecule has 0 saturated heterocycles. The maximum atomic E-state index is 11.0. The molecule has 0 spiro atoms. The summed E-state index contributed by atoms with van der Waals surface area (Å²) >= 11 is 0. The minimum absolute atomic E-state index is 0.874. The zero-order chi connectivity index (χ0) is 10.6. The van der Waals surface area contributed by atoms with Crippen molar-refractivity contribution in [2.75, 3.05) is 0 Å². The van der Waals surface area contributed by atoms with E-state index in [4.69, 9.17) is 0 Å². The van der Waals surface area contributed by atoms with Gasteiger partial charge in [-0.3, -0.25) is 4.79 Å². The molecule has 1 aromatic rings. The van der Waals surface area contributed by atoms with Crippen LogP contribution < -0.4 is 0 Å². The lowest BCUT2D eigenvalue weighted by Crippen LogP contribution is -2.05. The Balaban J connectivity index is 2.99. The largest absolute Gasteiger partial charge is 0.343 e. The smallest absolute Gasteiger partial charge is 0.166 e. The van der Waals surface area contributed by atoms with Crippen LogP contribution in [-0.4, -0.2) is 10.9 Å². The Morgan fingerprint density at radius 3 is 2.64 bits per heavy atom. The lowest BCUT2D eigenvalue weighted by molar-refractivity contribution is 0.111. The first-order chi connectivity index (χ1) is 6.74. The van der Waals surface area contributed by atoms with Crippen LogP contribution in [0.2, 0.25) is 0 Å². The van der Waals surface area contributed by atoms with E-state index in [1.165, 1.54) is 11.3 Å². The third kappa shape index (κ3) is 2.06. The van der Waals surface area contributed by atoms with Crippen LogP contribution in [0.1, 0.15) is 48.4 Å². The van der Waals surface area contributed by atoms with Crippen molar-refractivity contribution in [1.29, 1.82) is 0 Å². The Kier molecular flexibility index (Phi) is 3.93. The average Bonchev–Trinajstić information content (AvgIpc) is 2.51. The maximum Gasteiger partial charge on any atom is 0.166 e. The summed E-state index contributed by atoms with van der Waals surface area (Å²) in [5.74, 6) is 0. The quantitative estimate of drug-likeness (QED) is 0.659. The number of carbonyl (C=O) groups excluding carboxylic acids is 1. The van der Waals surface area contributed by atoms with Gasteiger partial charge in [-0.2, -0.15) is 0 Å². The van der Waals surface area contributed by atoms with Crippen molar-refractivity contribution in [1.82, 2.24) is 4.57 Å². The summed E-state index contributed by atoms with van der Waals surface area (Å²) in [6.45, 7) is 7.30. The van der Waals surface area contributed by atoms with Crippen molar-refractivity contribution < 1.29 is 4.79 Å². The number of carbonyl (C=O) groups is 1. The molecule has 0 radical (unpaired) electrons. The molecule has 0 bridgehead atoms. The Bertz CT molecular complexity index is 312. The van der Waals surface area contributed by atoms with E-state index in [1.807, 2.05) is 0 Å². The number of hydrogen-bond donors (Lipinski definition) is 0. The van der Waals surface area contributed by atoms with Gasteiger partial charge in [0.15, 0.2) is 6.29 Å². The highest BCUT2D eigenvalue weighted by Crippen LogP contribution is 2.15. The van der Waals surface area contributed by atoms with E-state index in [9.17, 15) is 4.79 Å². The lowest BCUT2D eigenvalue weighted by Gasteiger charge is -2.07. The van der Waals surface area contributed by atoms with Gasteiger partial charge in [-0.15, -0.1) is 0 Å². The van der Waals surface area contributed by atoms with Gasteiger partial charge in [0.25, 0.3) is 0 Å². The fourth-order valence-electron chi connectivity index (χ4n) is 1.80. The summed E-state index contributed by atoms with van der Waals surface area (Å²) in [6.07, 6.45) is 4.23. The number of aromatic nitrogens is 1. The minimum Gasteiger partial charge on any atom is -0.343 e. The first-order valence-corrected chi connectivity index (χ1v) is 5.38. The number of rotatable bonds is 5. The first-order valence-electron chi connectivity index (χ1n) is 5.38. The molecule has 1 aromatic heterocycles. The molecule has 0 atom stereocenters. The van der Waals surface area contributed by atoms with Gasteiger partial charge >= 0.3 is 0 Å². The van der Waals surface area contributed by atoms with Gasteiger partial charge in [-0.1, -0.05) is 20.3 Å². The van der Waals surface area contributed by atoms with E-state index in [-0.39, 0.29) is 0 Å². The van der Waals surface area contributed by atoms with Crippen LogP contribution in [0.3, 0.4) is 0 Å². The van der Waals surface area contributed by atoms with E-state index < -0.39 is 0 Å². The SMILES string of the molecule is CCCCn1c(C)cc(CC)c1C=O. The third-order valence-corrected chi connectivity index (χ3v) is 2.66. The summed E-state index contributed by atoms with van der Waals surface area (Å²) in [5, 5.41) is 0. The van der Waals surface area contributed by atoms with Crippen LogP contribution in [-0.2, 0) is 13.0 Å². The van der Waals surface area contributed by atoms with Gasteiger partial charge in [-0.05, 0) is 31.4 Å². The molecule has 0 aliphatic heterocycles. The number of aryl methyl sites for hydroxylation is 2. The molecule has 0 N–H and O–H groups in total. The highest BCUT2D eigenvalue weighted by Gasteiger charge is 2.09. The average molecular weight is 193 g/mol. The predicted octanol–water partition coefficient (Wildman–Crippen LogP) is 2.97. The minimum atomic E-state index is 0.874. The predicted molar refractivity (Wildman–Crippen MR) is 58.8 cm³/mol. The Labute approximate surface area is 85.9 Å². The van der Waals surface area contributed by atoms with Crippen molar-refractivity contribution in [3.63, 3.8) is 0 Å². The molecule has 2 nitrogen and oxygen atoms in total. The number of unbranched alkanes of at least 4 members (excludes halogenated alkanes) is 1. The molecule has 2 heteroatoms. The second-order valence-electron chi connectivity index (χ2n) is 3.67. The molecule has 14 heavy (non-hydrogen) atoms. The normalized spacial score (nSPS) is 10.5. The van der Waals surface area contributed by atoms with Crippen molar-refractivity contribution >= 4 is 6.29 Å². The molecule has 0 aliphatic carbocycles. The fourth-order valence-corrected chi connectivity index (χ4v) is 1.80. The molecule has 0 aliphatic rings. The molecule has 0 aromatic carbocycles. The second kappa shape index (κ2) is 4.99. The Morgan fingerprint density at radius 1 is 1.43 bits per heavy atom. The third-order valence-electron chi connectivity index (χ3n) is 2.66.